The Kier molecular flexibility index (Phi) is 4.11. The van der Waals surface area contributed by atoms with Gasteiger partial charge in [0, 0.05) is 18.8 Å². The molecule has 0 amide bonds. The van der Waals surface area contributed by atoms with Crippen LogP contribution in [0.2, 0.25) is 0 Å². The summed E-state index contributed by atoms with van der Waals surface area (Å²) in [5.74, 6) is 0.171. The predicted molar refractivity (Wildman–Crippen MR) is 61.9 cm³/mol. The summed E-state index contributed by atoms with van der Waals surface area (Å²) in [5, 5.41) is 0. The molecule has 0 saturated heterocycles. The van der Waals surface area contributed by atoms with Crippen LogP contribution in [-0.4, -0.2) is 18.9 Å². The summed E-state index contributed by atoms with van der Waals surface area (Å²) < 4.78 is 4.66. The number of carbonyl (C=O) groups excluding carboxylic acids is 2. The van der Waals surface area contributed by atoms with Gasteiger partial charge in [0.2, 0.25) is 0 Å². The monoisotopic (exact) mass is 226 g/mol. The number of rotatable bonds is 3. The molecule has 0 N–H and O–H groups in total. The lowest BCUT2D eigenvalue weighted by Crippen LogP contribution is -2.40. The van der Waals surface area contributed by atoms with Crippen molar-refractivity contribution in [1.29, 1.82) is 0 Å². The highest BCUT2D eigenvalue weighted by atomic mass is 16.5. The number of carbonyl (C=O) groups is 2. The van der Waals surface area contributed by atoms with Crippen molar-refractivity contribution in [1.82, 2.24) is 0 Å². The number of hydrogen-bond donors (Lipinski definition) is 0. The van der Waals surface area contributed by atoms with Crippen LogP contribution in [0, 0.1) is 17.3 Å². The van der Waals surface area contributed by atoms with Gasteiger partial charge in [-0.3, -0.25) is 9.59 Å². The number of ketones is 1. The van der Waals surface area contributed by atoms with Gasteiger partial charge in [-0.05, 0) is 24.2 Å². The van der Waals surface area contributed by atoms with Crippen LogP contribution in [-0.2, 0) is 14.3 Å². The number of methoxy groups -OCH3 is 1. The van der Waals surface area contributed by atoms with Gasteiger partial charge < -0.3 is 4.74 Å². The fourth-order valence-electron chi connectivity index (χ4n) is 3.02. The summed E-state index contributed by atoms with van der Waals surface area (Å²) in [5.41, 5.74) is 0.0166. The molecule has 0 aromatic heterocycles. The molecule has 1 saturated carbocycles. The van der Waals surface area contributed by atoms with Gasteiger partial charge in [-0.1, -0.05) is 20.8 Å². The van der Waals surface area contributed by atoms with E-state index in [-0.39, 0.29) is 23.2 Å². The van der Waals surface area contributed by atoms with Crippen LogP contribution in [0.4, 0.5) is 0 Å². The van der Waals surface area contributed by atoms with E-state index in [1.807, 2.05) is 6.92 Å². The zero-order valence-corrected chi connectivity index (χ0v) is 10.7. The maximum absolute atomic E-state index is 12.0. The molecule has 16 heavy (non-hydrogen) atoms. The Morgan fingerprint density at radius 3 is 2.69 bits per heavy atom. The molecule has 0 unspecified atom stereocenters. The standard InChI is InChI=1S/C13H22O3/c1-9(8-11(15)16-4)12-10(14)6-5-7-13(12,2)3/h9,12H,5-8H2,1-4H3/t9-,12+/m1/s1. The second kappa shape index (κ2) is 4.98. The Morgan fingerprint density at radius 1 is 1.56 bits per heavy atom. The van der Waals surface area contributed by atoms with Crippen molar-refractivity contribution in [2.45, 2.75) is 46.5 Å². The molecule has 1 aliphatic rings. The SMILES string of the molecule is COC(=O)C[C@@H](C)[C@H]1C(=O)CCCC1(C)C. The van der Waals surface area contributed by atoms with Crippen molar-refractivity contribution in [2.75, 3.05) is 7.11 Å². The van der Waals surface area contributed by atoms with E-state index in [9.17, 15) is 9.59 Å². The van der Waals surface area contributed by atoms with Gasteiger partial charge in [-0.15, -0.1) is 0 Å². The van der Waals surface area contributed by atoms with E-state index in [2.05, 4.69) is 18.6 Å². The zero-order chi connectivity index (χ0) is 12.3. The van der Waals surface area contributed by atoms with Gasteiger partial charge in [-0.25, -0.2) is 0 Å². The molecule has 0 spiro atoms. The third-order valence-corrected chi connectivity index (χ3v) is 3.72. The number of ether oxygens (including phenoxy) is 1. The van der Waals surface area contributed by atoms with Crippen molar-refractivity contribution >= 4 is 11.8 Å². The van der Waals surface area contributed by atoms with E-state index in [1.165, 1.54) is 7.11 Å². The third kappa shape index (κ3) is 2.83. The minimum absolute atomic E-state index is 0.000324. The average molecular weight is 226 g/mol. The molecule has 0 radical (unpaired) electrons. The maximum atomic E-state index is 12.0. The van der Waals surface area contributed by atoms with Gasteiger partial charge in [0.1, 0.15) is 5.78 Å². The highest BCUT2D eigenvalue weighted by Gasteiger charge is 2.41. The number of Topliss-reactive ketones (excluding diaryl/α,β-unsaturated/α-hetero) is 1. The first-order valence-corrected chi connectivity index (χ1v) is 5.98. The van der Waals surface area contributed by atoms with Crippen LogP contribution in [0.3, 0.4) is 0 Å². The molecule has 0 bridgehead atoms. The fourth-order valence-corrected chi connectivity index (χ4v) is 3.02. The lowest BCUT2D eigenvalue weighted by atomic mass is 9.63. The molecule has 3 nitrogen and oxygen atoms in total. The Morgan fingerprint density at radius 2 is 2.19 bits per heavy atom. The van der Waals surface area contributed by atoms with Gasteiger partial charge >= 0.3 is 5.97 Å². The van der Waals surface area contributed by atoms with E-state index in [1.54, 1.807) is 0 Å². The van der Waals surface area contributed by atoms with Crippen molar-refractivity contribution in [3.63, 3.8) is 0 Å². The summed E-state index contributed by atoms with van der Waals surface area (Å²) in [6, 6.07) is 0. The molecule has 0 aromatic rings. The normalized spacial score (nSPS) is 26.2. The van der Waals surface area contributed by atoms with Crippen molar-refractivity contribution in [3.05, 3.63) is 0 Å². The first kappa shape index (κ1) is 13.2. The molecule has 1 aliphatic carbocycles. The third-order valence-electron chi connectivity index (χ3n) is 3.72. The van der Waals surface area contributed by atoms with E-state index in [0.717, 1.165) is 12.8 Å². The van der Waals surface area contributed by atoms with Crippen LogP contribution in [0.15, 0.2) is 0 Å². The molecule has 1 rings (SSSR count). The highest BCUT2D eigenvalue weighted by molar-refractivity contribution is 5.83. The van der Waals surface area contributed by atoms with E-state index >= 15 is 0 Å². The second-order valence-corrected chi connectivity index (χ2v) is 5.54. The first-order valence-electron chi connectivity index (χ1n) is 5.98. The molecule has 0 heterocycles. The lowest BCUT2D eigenvalue weighted by molar-refractivity contribution is -0.143. The fraction of sp³-hybridized carbons (Fsp3) is 0.846. The van der Waals surface area contributed by atoms with Gasteiger partial charge in [0.15, 0.2) is 0 Å². The van der Waals surface area contributed by atoms with Gasteiger partial charge in [0.25, 0.3) is 0 Å². The van der Waals surface area contributed by atoms with Crippen LogP contribution in [0.5, 0.6) is 0 Å². The smallest absolute Gasteiger partial charge is 0.305 e. The Hall–Kier alpha value is -0.860. The molecule has 3 heteroatoms. The van der Waals surface area contributed by atoms with Gasteiger partial charge in [-0.2, -0.15) is 0 Å². The van der Waals surface area contributed by atoms with Crippen LogP contribution in [0.1, 0.15) is 46.5 Å². The summed E-state index contributed by atoms with van der Waals surface area (Å²) >= 11 is 0. The van der Waals surface area contributed by atoms with Crippen LogP contribution in [0.25, 0.3) is 0 Å². The maximum Gasteiger partial charge on any atom is 0.305 e. The Bertz CT molecular complexity index is 281. The van der Waals surface area contributed by atoms with Crippen molar-refractivity contribution < 1.29 is 14.3 Å². The molecule has 2 atom stereocenters. The molecule has 0 aliphatic heterocycles. The number of esters is 1. The summed E-state index contributed by atoms with van der Waals surface area (Å²) in [7, 11) is 1.39. The predicted octanol–water partition coefficient (Wildman–Crippen LogP) is 2.58. The molecule has 1 fully saturated rings. The van der Waals surface area contributed by atoms with Gasteiger partial charge in [0.05, 0.1) is 7.11 Å². The molecule has 0 aromatic carbocycles. The van der Waals surface area contributed by atoms with Crippen molar-refractivity contribution in [2.24, 2.45) is 17.3 Å². The average Bonchev–Trinajstić information content (AvgIpc) is 2.15. The number of hydrogen-bond acceptors (Lipinski definition) is 3. The highest BCUT2D eigenvalue weighted by Crippen LogP contribution is 2.43. The Labute approximate surface area is 97.5 Å². The minimum atomic E-state index is -0.221. The minimum Gasteiger partial charge on any atom is -0.469 e. The summed E-state index contributed by atoms with van der Waals surface area (Å²) in [6.07, 6.45) is 3.05. The Balaban J connectivity index is 2.74. The van der Waals surface area contributed by atoms with Crippen molar-refractivity contribution in [3.8, 4) is 0 Å². The quantitative estimate of drug-likeness (QED) is 0.695. The van der Waals surface area contributed by atoms with Crippen LogP contribution < -0.4 is 0 Å². The van der Waals surface area contributed by atoms with Crippen LogP contribution >= 0.6 is 0 Å². The topological polar surface area (TPSA) is 43.4 Å². The molecule has 92 valence electrons. The molecular formula is C13H22O3. The van der Waals surface area contributed by atoms with E-state index in [4.69, 9.17) is 0 Å². The lowest BCUT2D eigenvalue weighted by Gasteiger charge is -2.40. The van der Waals surface area contributed by atoms with E-state index < -0.39 is 0 Å². The molecular weight excluding hydrogens is 204 g/mol. The summed E-state index contributed by atoms with van der Waals surface area (Å²) in [4.78, 5) is 23.2. The van der Waals surface area contributed by atoms with E-state index in [0.29, 0.717) is 18.6 Å². The zero-order valence-electron chi connectivity index (χ0n) is 10.7. The largest absolute Gasteiger partial charge is 0.469 e. The summed E-state index contributed by atoms with van der Waals surface area (Å²) in [6.45, 7) is 6.23. The second-order valence-electron chi connectivity index (χ2n) is 5.54. The first-order chi connectivity index (χ1) is 7.38.